The number of para-hydroxylation sites is 1. The second-order valence-corrected chi connectivity index (χ2v) is 6.11. The Morgan fingerprint density at radius 3 is 2.75 bits per heavy atom. The van der Waals surface area contributed by atoms with Crippen LogP contribution in [0.25, 0.3) is 0 Å². The van der Waals surface area contributed by atoms with Gasteiger partial charge in [0.25, 0.3) is 5.91 Å². The summed E-state index contributed by atoms with van der Waals surface area (Å²) in [5.41, 5.74) is 4.89. The van der Waals surface area contributed by atoms with E-state index in [0.717, 1.165) is 24.3 Å². The monoisotopic (exact) mass is 326 g/mol. The molecule has 0 spiro atoms. The zero-order valence-electron chi connectivity index (χ0n) is 14.9. The second-order valence-electron chi connectivity index (χ2n) is 6.11. The van der Waals surface area contributed by atoms with Crippen molar-refractivity contribution in [3.05, 3.63) is 53.3 Å². The van der Waals surface area contributed by atoms with Crippen LogP contribution in [-0.4, -0.2) is 43.0 Å². The summed E-state index contributed by atoms with van der Waals surface area (Å²) in [6.07, 6.45) is 4.28. The molecule has 0 saturated carbocycles. The van der Waals surface area contributed by atoms with Crippen molar-refractivity contribution >= 4 is 17.3 Å². The number of rotatable bonds is 7. The topological polar surface area (TPSA) is 57.3 Å². The number of benzene rings is 1. The molecule has 0 aliphatic rings. The van der Waals surface area contributed by atoms with Gasteiger partial charge in [0.1, 0.15) is 0 Å². The van der Waals surface area contributed by atoms with E-state index in [0.29, 0.717) is 12.1 Å². The van der Waals surface area contributed by atoms with Crippen LogP contribution in [0.4, 0.5) is 11.4 Å². The Labute approximate surface area is 144 Å². The number of pyridine rings is 1. The first-order valence-electron chi connectivity index (χ1n) is 8.24. The predicted octanol–water partition coefficient (Wildman–Crippen LogP) is 2.99. The highest BCUT2D eigenvalue weighted by Crippen LogP contribution is 2.25. The van der Waals surface area contributed by atoms with Crippen LogP contribution in [0.5, 0.6) is 0 Å². The molecule has 5 nitrogen and oxygen atoms in total. The third-order valence-electron chi connectivity index (χ3n) is 3.85. The van der Waals surface area contributed by atoms with E-state index in [9.17, 15) is 4.79 Å². The van der Waals surface area contributed by atoms with Gasteiger partial charge >= 0.3 is 0 Å². The second kappa shape index (κ2) is 8.45. The molecular formula is C19H26N4O. The molecule has 0 bridgehead atoms. The van der Waals surface area contributed by atoms with Gasteiger partial charge in [-0.2, -0.15) is 0 Å². The Hall–Kier alpha value is -2.40. The zero-order valence-corrected chi connectivity index (χ0v) is 14.9. The summed E-state index contributed by atoms with van der Waals surface area (Å²) in [6.45, 7) is 5.63. The molecule has 1 aromatic heterocycles. The van der Waals surface area contributed by atoms with Crippen molar-refractivity contribution in [3.63, 3.8) is 0 Å². The Morgan fingerprint density at radius 1 is 1.25 bits per heavy atom. The van der Waals surface area contributed by atoms with Crippen molar-refractivity contribution in [1.29, 1.82) is 0 Å². The van der Waals surface area contributed by atoms with E-state index >= 15 is 0 Å². The fraction of sp³-hybridized carbons (Fsp3) is 0.368. The lowest BCUT2D eigenvalue weighted by molar-refractivity contribution is 0.0950. The molecule has 2 rings (SSSR count). The number of hydrogen-bond donors (Lipinski definition) is 2. The summed E-state index contributed by atoms with van der Waals surface area (Å²) in [6, 6.07) is 8.09. The van der Waals surface area contributed by atoms with E-state index in [1.807, 2.05) is 25.1 Å². The molecule has 0 radical (unpaired) electrons. The van der Waals surface area contributed by atoms with Gasteiger partial charge in [-0.1, -0.05) is 25.1 Å². The van der Waals surface area contributed by atoms with E-state index in [2.05, 4.69) is 47.7 Å². The third-order valence-corrected chi connectivity index (χ3v) is 3.85. The van der Waals surface area contributed by atoms with Crippen LogP contribution in [0.2, 0.25) is 0 Å². The highest BCUT2D eigenvalue weighted by atomic mass is 16.1. The Morgan fingerprint density at radius 2 is 2.04 bits per heavy atom. The molecule has 2 aromatic rings. The summed E-state index contributed by atoms with van der Waals surface area (Å²) in [5.74, 6) is -0.103. The summed E-state index contributed by atoms with van der Waals surface area (Å²) in [5, 5.41) is 6.32. The van der Waals surface area contributed by atoms with E-state index in [-0.39, 0.29) is 5.91 Å². The molecule has 24 heavy (non-hydrogen) atoms. The average Bonchev–Trinajstić information content (AvgIpc) is 2.56. The maximum atomic E-state index is 12.2. The minimum Gasteiger partial charge on any atom is -0.354 e. The number of carbonyl (C=O) groups excluding carboxylic acids is 1. The van der Waals surface area contributed by atoms with Gasteiger partial charge in [-0.3, -0.25) is 9.78 Å². The predicted molar refractivity (Wildman–Crippen MR) is 99.0 cm³/mol. The molecule has 2 N–H and O–H groups in total. The molecule has 0 atom stereocenters. The number of aryl methyl sites for hydroxylation is 2. The minimum atomic E-state index is -0.103. The minimum absolute atomic E-state index is 0.103. The van der Waals surface area contributed by atoms with E-state index in [1.54, 1.807) is 12.4 Å². The first-order chi connectivity index (χ1) is 11.5. The normalized spacial score (nSPS) is 10.7. The van der Waals surface area contributed by atoms with E-state index in [4.69, 9.17) is 0 Å². The van der Waals surface area contributed by atoms with Gasteiger partial charge < -0.3 is 15.5 Å². The van der Waals surface area contributed by atoms with Crippen LogP contribution in [0, 0.1) is 6.92 Å². The maximum Gasteiger partial charge on any atom is 0.252 e. The Bertz CT molecular complexity index is 698. The van der Waals surface area contributed by atoms with Crippen molar-refractivity contribution in [2.24, 2.45) is 0 Å². The fourth-order valence-corrected chi connectivity index (χ4v) is 2.47. The molecular weight excluding hydrogens is 300 g/mol. The Kier molecular flexibility index (Phi) is 6.32. The molecule has 0 aliphatic carbocycles. The zero-order chi connectivity index (χ0) is 17.5. The van der Waals surface area contributed by atoms with Crippen LogP contribution in [0.3, 0.4) is 0 Å². The molecule has 0 unspecified atom stereocenters. The first-order valence-corrected chi connectivity index (χ1v) is 8.24. The number of aromatic nitrogens is 1. The molecule has 1 aromatic carbocycles. The van der Waals surface area contributed by atoms with Crippen molar-refractivity contribution in [2.45, 2.75) is 20.3 Å². The van der Waals surface area contributed by atoms with Gasteiger partial charge in [-0.05, 0) is 44.6 Å². The van der Waals surface area contributed by atoms with Gasteiger partial charge in [-0.25, -0.2) is 0 Å². The van der Waals surface area contributed by atoms with Crippen molar-refractivity contribution in [2.75, 3.05) is 32.5 Å². The number of carbonyl (C=O) groups is 1. The number of nitrogens with zero attached hydrogens (tertiary/aromatic N) is 2. The number of anilines is 2. The molecule has 1 amide bonds. The van der Waals surface area contributed by atoms with Crippen molar-refractivity contribution in [3.8, 4) is 0 Å². The van der Waals surface area contributed by atoms with Crippen molar-refractivity contribution in [1.82, 2.24) is 15.2 Å². The Balaban J connectivity index is 2.12. The van der Waals surface area contributed by atoms with Gasteiger partial charge in [0.2, 0.25) is 0 Å². The van der Waals surface area contributed by atoms with Crippen LogP contribution in [0.1, 0.15) is 28.4 Å². The fourth-order valence-electron chi connectivity index (χ4n) is 2.47. The average molecular weight is 326 g/mol. The van der Waals surface area contributed by atoms with Gasteiger partial charge in [0, 0.05) is 25.0 Å². The van der Waals surface area contributed by atoms with Crippen LogP contribution in [-0.2, 0) is 6.42 Å². The summed E-state index contributed by atoms with van der Waals surface area (Å²) in [4.78, 5) is 18.4. The largest absolute Gasteiger partial charge is 0.354 e. The quantitative estimate of drug-likeness (QED) is 0.821. The van der Waals surface area contributed by atoms with Gasteiger partial charge in [0.05, 0.1) is 17.4 Å². The molecule has 0 aliphatic heterocycles. The summed E-state index contributed by atoms with van der Waals surface area (Å²) >= 11 is 0. The highest BCUT2D eigenvalue weighted by molar-refractivity contribution is 5.94. The first kappa shape index (κ1) is 17.9. The number of amides is 1. The maximum absolute atomic E-state index is 12.2. The number of nitrogens with one attached hydrogen (secondary N) is 2. The van der Waals surface area contributed by atoms with E-state index < -0.39 is 0 Å². The molecule has 0 saturated heterocycles. The molecule has 128 valence electrons. The number of hydrogen-bond acceptors (Lipinski definition) is 4. The standard InChI is InChI=1S/C19H26N4O/c1-5-15-8-6-7-14(2)18(15)22-17-11-16(12-20-13-17)19(24)21-9-10-23(3)4/h6-8,11-13,22H,5,9-10H2,1-4H3,(H,21,24). The van der Waals surface area contributed by atoms with Gasteiger partial charge in [0.15, 0.2) is 0 Å². The molecule has 1 heterocycles. The van der Waals surface area contributed by atoms with Crippen LogP contribution < -0.4 is 10.6 Å². The van der Waals surface area contributed by atoms with E-state index in [1.165, 1.54) is 11.1 Å². The highest BCUT2D eigenvalue weighted by Gasteiger charge is 2.09. The molecule has 0 fully saturated rings. The number of likely N-dealkylation sites (N-methyl/N-ethyl adjacent to an activating group) is 1. The smallest absolute Gasteiger partial charge is 0.252 e. The van der Waals surface area contributed by atoms with Crippen LogP contribution >= 0.6 is 0 Å². The lowest BCUT2D eigenvalue weighted by Gasteiger charge is -2.14. The van der Waals surface area contributed by atoms with Crippen molar-refractivity contribution < 1.29 is 4.79 Å². The SMILES string of the molecule is CCc1cccc(C)c1Nc1cncc(C(=O)NCCN(C)C)c1. The third kappa shape index (κ3) is 4.80. The summed E-state index contributed by atoms with van der Waals surface area (Å²) < 4.78 is 0. The summed E-state index contributed by atoms with van der Waals surface area (Å²) in [7, 11) is 3.96. The molecule has 5 heteroatoms. The lowest BCUT2D eigenvalue weighted by atomic mass is 10.1. The lowest BCUT2D eigenvalue weighted by Crippen LogP contribution is -2.31. The van der Waals surface area contributed by atoms with Gasteiger partial charge in [-0.15, -0.1) is 0 Å². The van der Waals surface area contributed by atoms with Crippen LogP contribution in [0.15, 0.2) is 36.7 Å².